The molecule has 0 atom stereocenters. The van der Waals surface area contributed by atoms with Gasteiger partial charge >= 0.3 is 0 Å². The highest BCUT2D eigenvalue weighted by Crippen LogP contribution is 2.36. The van der Waals surface area contributed by atoms with E-state index in [1.807, 2.05) is 0 Å². The van der Waals surface area contributed by atoms with Gasteiger partial charge in [-0.15, -0.1) is 0 Å². The summed E-state index contributed by atoms with van der Waals surface area (Å²) in [5.41, 5.74) is 1.67. The second-order valence-electron chi connectivity index (χ2n) is 7.54. The first-order valence-electron chi connectivity index (χ1n) is 10.4. The number of nitrogens with zero attached hydrogens (tertiary/aromatic N) is 1. The van der Waals surface area contributed by atoms with Crippen LogP contribution in [0, 0.1) is 0 Å². The average molecular weight is 582 g/mol. The van der Waals surface area contributed by atoms with E-state index >= 15 is 0 Å². The lowest BCUT2D eigenvalue weighted by Gasteiger charge is -2.13. The fourth-order valence-electron chi connectivity index (χ4n) is 3.24. The predicted octanol–water partition coefficient (Wildman–Crippen LogP) is 7.55. The van der Waals surface area contributed by atoms with E-state index in [1.54, 1.807) is 60.7 Å². The van der Waals surface area contributed by atoms with Gasteiger partial charge in [0.15, 0.2) is 6.61 Å². The average Bonchev–Trinajstić information content (AvgIpc) is 3.09. The summed E-state index contributed by atoms with van der Waals surface area (Å²) < 4.78 is 5.68. The molecule has 3 amide bonds. The van der Waals surface area contributed by atoms with E-state index in [2.05, 4.69) is 5.32 Å². The normalized spacial score (nSPS) is 14.4. The Kier molecular flexibility index (Phi) is 8.49. The van der Waals surface area contributed by atoms with Gasteiger partial charge < -0.3 is 10.1 Å². The number of halogens is 4. The molecule has 184 valence electrons. The number of carbonyl (C=O) groups is 3. The van der Waals surface area contributed by atoms with Gasteiger partial charge in [-0.2, -0.15) is 0 Å². The number of hydrogen-bond donors (Lipinski definition) is 1. The topological polar surface area (TPSA) is 75.7 Å². The molecule has 6 nitrogen and oxygen atoms in total. The van der Waals surface area contributed by atoms with E-state index < -0.39 is 11.1 Å². The number of thioether (sulfide) groups is 1. The maximum atomic E-state index is 13.0. The molecule has 0 radical (unpaired) electrons. The van der Waals surface area contributed by atoms with E-state index in [1.165, 1.54) is 6.08 Å². The van der Waals surface area contributed by atoms with Crippen LogP contribution in [0.5, 0.6) is 5.75 Å². The van der Waals surface area contributed by atoms with Gasteiger partial charge in [-0.3, -0.25) is 19.3 Å². The summed E-state index contributed by atoms with van der Waals surface area (Å²) in [6, 6.07) is 16.3. The Morgan fingerprint density at radius 1 is 0.917 bits per heavy atom. The van der Waals surface area contributed by atoms with E-state index in [-0.39, 0.29) is 24.0 Å². The van der Waals surface area contributed by atoms with E-state index in [4.69, 9.17) is 51.1 Å². The molecule has 0 saturated carbocycles. The molecule has 1 aliphatic heterocycles. The Balaban J connectivity index is 1.48. The number of rotatable bonds is 7. The molecule has 0 aromatic heterocycles. The Bertz CT molecular complexity index is 1380. The van der Waals surface area contributed by atoms with Crippen LogP contribution in [0.2, 0.25) is 20.1 Å². The Morgan fingerprint density at radius 3 is 2.36 bits per heavy atom. The van der Waals surface area contributed by atoms with Crippen molar-refractivity contribution in [2.24, 2.45) is 0 Å². The number of anilines is 1. The molecule has 36 heavy (non-hydrogen) atoms. The summed E-state index contributed by atoms with van der Waals surface area (Å²) in [5.74, 6) is -0.537. The molecular formula is C25H16Cl4N2O4S. The quantitative estimate of drug-likeness (QED) is 0.291. The summed E-state index contributed by atoms with van der Waals surface area (Å²) >= 11 is 24.8. The van der Waals surface area contributed by atoms with Crippen LogP contribution in [0.15, 0.2) is 65.6 Å². The SMILES string of the molecule is O=C(COc1ccc(Cl)cc1/C=C1\SC(=O)N(Cc2ccc(Cl)c(Cl)c2)C1=O)Nc1ccc(Cl)cc1. The highest BCUT2D eigenvalue weighted by molar-refractivity contribution is 8.18. The number of nitrogens with one attached hydrogen (secondary N) is 1. The second-order valence-corrected chi connectivity index (χ2v) is 10.2. The highest BCUT2D eigenvalue weighted by Gasteiger charge is 2.35. The van der Waals surface area contributed by atoms with Crippen LogP contribution >= 0.6 is 58.2 Å². The van der Waals surface area contributed by atoms with Crippen LogP contribution in [0.3, 0.4) is 0 Å². The third kappa shape index (κ3) is 6.55. The van der Waals surface area contributed by atoms with Crippen LogP contribution in [0.4, 0.5) is 10.5 Å². The zero-order chi connectivity index (χ0) is 25.8. The Hall–Kier alpha value is -2.68. The molecule has 3 aromatic carbocycles. The largest absolute Gasteiger partial charge is 0.483 e. The first-order chi connectivity index (χ1) is 17.2. The molecule has 1 aliphatic rings. The van der Waals surface area contributed by atoms with Crippen molar-refractivity contribution < 1.29 is 19.1 Å². The predicted molar refractivity (Wildman–Crippen MR) is 145 cm³/mol. The van der Waals surface area contributed by atoms with Crippen LogP contribution in [-0.4, -0.2) is 28.6 Å². The zero-order valence-corrected chi connectivity index (χ0v) is 22.1. The molecule has 1 saturated heterocycles. The van der Waals surface area contributed by atoms with Gasteiger partial charge in [0.1, 0.15) is 5.75 Å². The number of imide groups is 1. The van der Waals surface area contributed by atoms with Crippen LogP contribution < -0.4 is 10.1 Å². The summed E-state index contributed by atoms with van der Waals surface area (Å²) in [5, 5.41) is 3.93. The third-order valence-electron chi connectivity index (χ3n) is 4.94. The van der Waals surface area contributed by atoms with Crippen molar-refractivity contribution in [1.29, 1.82) is 0 Å². The standard InChI is InChI=1S/C25H16Cl4N2O4S/c26-16-2-5-18(6-3-16)30-23(32)13-35-21-8-4-17(27)10-15(21)11-22-24(33)31(25(34)36-22)12-14-1-7-19(28)20(29)9-14/h1-11H,12-13H2,(H,30,32)/b22-11-. The van der Waals surface area contributed by atoms with Crippen molar-refractivity contribution in [1.82, 2.24) is 4.90 Å². The minimum absolute atomic E-state index is 0.0443. The number of carbonyl (C=O) groups excluding carboxylic acids is 3. The molecule has 0 aliphatic carbocycles. The van der Waals surface area contributed by atoms with Gasteiger partial charge in [-0.25, -0.2) is 0 Å². The highest BCUT2D eigenvalue weighted by atomic mass is 35.5. The summed E-state index contributed by atoms with van der Waals surface area (Å²) in [4.78, 5) is 39.1. The fraction of sp³-hybridized carbons (Fsp3) is 0.0800. The first-order valence-corrected chi connectivity index (χ1v) is 12.7. The van der Waals surface area contributed by atoms with Gasteiger partial charge in [-0.05, 0) is 78.0 Å². The van der Waals surface area contributed by atoms with Crippen molar-refractivity contribution in [3.63, 3.8) is 0 Å². The lowest BCUT2D eigenvalue weighted by Crippen LogP contribution is -2.27. The van der Waals surface area contributed by atoms with Crippen molar-refractivity contribution in [3.8, 4) is 5.75 Å². The van der Waals surface area contributed by atoms with Gasteiger partial charge in [-0.1, -0.05) is 52.5 Å². The lowest BCUT2D eigenvalue weighted by atomic mass is 10.1. The molecule has 1 heterocycles. The molecule has 11 heteroatoms. The third-order valence-corrected chi connectivity index (χ3v) is 7.08. The first kappa shape index (κ1) is 26.4. The van der Waals surface area contributed by atoms with Gasteiger partial charge in [0.25, 0.3) is 17.1 Å². The van der Waals surface area contributed by atoms with E-state index in [0.717, 1.165) is 16.7 Å². The number of benzene rings is 3. The summed E-state index contributed by atoms with van der Waals surface area (Å²) in [6.07, 6.45) is 1.51. The molecule has 0 unspecified atom stereocenters. The van der Waals surface area contributed by atoms with Crippen LogP contribution in [-0.2, 0) is 16.1 Å². The zero-order valence-electron chi connectivity index (χ0n) is 18.3. The van der Waals surface area contributed by atoms with Crippen LogP contribution in [0.25, 0.3) is 6.08 Å². The Labute approximate surface area is 231 Å². The minimum Gasteiger partial charge on any atom is -0.483 e. The molecule has 4 rings (SSSR count). The number of amides is 3. The molecule has 1 N–H and O–H groups in total. The maximum Gasteiger partial charge on any atom is 0.293 e. The molecule has 3 aromatic rings. The van der Waals surface area contributed by atoms with E-state index in [9.17, 15) is 14.4 Å². The maximum absolute atomic E-state index is 13.0. The van der Waals surface area contributed by atoms with Crippen LogP contribution in [0.1, 0.15) is 11.1 Å². The molecular weight excluding hydrogens is 566 g/mol. The number of ether oxygens (including phenoxy) is 1. The van der Waals surface area contributed by atoms with Crippen molar-refractivity contribution in [3.05, 3.63) is 96.8 Å². The smallest absolute Gasteiger partial charge is 0.293 e. The van der Waals surface area contributed by atoms with Gasteiger partial charge in [0, 0.05) is 21.3 Å². The second kappa shape index (κ2) is 11.6. The molecule has 1 fully saturated rings. The summed E-state index contributed by atoms with van der Waals surface area (Å²) in [6.45, 7) is -0.243. The Morgan fingerprint density at radius 2 is 1.64 bits per heavy atom. The van der Waals surface area contributed by atoms with Crippen molar-refractivity contribution in [2.75, 3.05) is 11.9 Å². The van der Waals surface area contributed by atoms with Crippen molar-refractivity contribution in [2.45, 2.75) is 6.54 Å². The van der Waals surface area contributed by atoms with E-state index in [0.29, 0.717) is 42.7 Å². The number of hydrogen-bond acceptors (Lipinski definition) is 5. The molecule has 0 bridgehead atoms. The summed E-state index contributed by atoms with van der Waals surface area (Å²) in [7, 11) is 0. The minimum atomic E-state index is -0.470. The lowest BCUT2D eigenvalue weighted by molar-refractivity contribution is -0.123. The van der Waals surface area contributed by atoms with Gasteiger partial charge in [0.05, 0.1) is 21.5 Å². The fourth-order valence-corrected chi connectivity index (χ4v) is 4.69. The van der Waals surface area contributed by atoms with Crippen molar-refractivity contribution >= 4 is 87.0 Å². The van der Waals surface area contributed by atoms with Gasteiger partial charge in [0.2, 0.25) is 0 Å². The molecule has 0 spiro atoms. The monoisotopic (exact) mass is 580 g/mol.